The predicted octanol–water partition coefficient (Wildman–Crippen LogP) is 18.0. The molecular weight excluding hydrogens is 685 g/mol. The van der Waals surface area contributed by atoms with E-state index in [9.17, 15) is 5.11 Å². The number of hydrogen-bond acceptors (Lipinski definition) is 3. The van der Waals surface area contributed by atoms with Crippen LogP contribution in [0, 0.1) is 0 Å². The van der Waals surface area contributed by atoms with Gasteiger partial charge in [-0.05, 0) is 37.3 Å². The van der Waals surface area contributed by atoms with Gasteiger partial charge in [0.05, 0.1) is 13.2 Å². The highest BCUT2D eigenvalue weighted by molar-refractivity contribution is 5.41. The predicted molar refractivity (Wildman–Crippen MR) is 249 cm³/mol. The first-order valence-electron chi connectivity index (χ1n) is 25.8. The lowest BCUT2D eigenvalue weighted by Gasteiger charge is -2.14. The Balaban J connectivity index is 1.97. The van der Waals surface area contributed by atoms with Crippen molar-refractivity contribution in [2.75, 3.05) is 19.8 Å². The molecule has 1 rings (SSSR count). The van der Waals surface area contributed by atoms with Crippen molar-refractivity contribution in [3.8, 4) is 11.5 Å². The summed E-state index contributed by atoms with van der Waals surface area (Å²) >= 11 is 0. The van der Waals surface area contributed by atoms with Crippen molar-refractivity contribution in [2.24, 2.45) is 0 Å². The molecule has 0 aliphatic heterocycles. The molecule has 0 radical (unpaired) electrons. The van der Waals surface area contributed by atoms with Crippen molar-refractivity contribution in [3.63, 3.8) is 0 Å². The minimum atomic E-state index is 0.219. The Morgan fingerprint density at radius 1 is 0.339 bits per heavy atom. The third-order valence-corrected chi connectivity index (χ3v) is 12.2. The average Bonchev–Trinajstić information content (AvgIpc) is 3.21. The lowest BCUT2D eigenvalue weighted by molar-refractivity contribution is 0.280. The highest BCUT2D eigenvalue weighted by atomic mass is 16.5. The third-order valence-electron chi connectivity index (χ3n) is 12.2. The molecule has 0 atom stereocenters. The fourth-order valence-corrected chi connectivity index (χ4v) is 8.32. The van der Waals surface area contributed by atoms with Gasteiger partial charge in [0.25, 0.3) is 0 Å². The molecule has 0 fully saturated rings. The minimum Gasteiger partial charge on any atom is -0.493 e. The second kappa shape index (κ2) is 44.9. The van der Waals surface area contributed by atoms with E-state index in [-0.39, 0.29) is 6.61 Å². The molecule has 0 unspecified atom stereocenters. The van der Waals surface area contributed by atoms with Gasteiger partial charge < -0.3 is 14.6 Å². The summed E-state index contributed by atoms with van der Waals surface area (Å²) in [5, 5.41) is 9.40. The number of benzene rings is 1. The molecule has 1 aromatic rings. The molecule has 330 valence electrons. The average molecular weight is 785 g/mol. The van der Waals surface area contributed by atoms with Crippen molar-refractivity contribution in [1.29, 1.82) is 0 Å². The fraction of sp³-hybridized carbons (Fsp3) is 0.887. The van der Waals surface area contributed by atoms with E-state index < -0.39 is 0 Å². The second-order valence-corrected chi connectivity index (χ2v) is 17.7. The van der Waals surface area contributed by atoms with E-state index in [1.165, 1.54) is 250 Å². The summed E-state index contributed by atoms with van der Waals surface area (Å²) in [4.78, 5) is 0. The standard InChI is InChI=1S/C53H100O3/c1-3-5-7-9-11-13-15-17-19-21-23-25-27-29-31-33-35-37-39-41-48-55-52-46-45-51(44-43-47-54)53(50-52)56-49-42-40-38-36-34-32-30-28-26-24-22-20-18-16-14-12-10-8-6-4-2/h45-46,50,54H,3-44,47-49H2,1-2H3. The molecule has 0 aliphatic rings. The van der Waals surface area contributed by atoms with Gasteiger partial charge in [-0.2, -0.15) is 0 Å². The van der Waals surface area contributed by atoms with E-state index in [4.69, 9.17) is 9.47 Å². The Bertz CT molecular complexity index is 884. The molecule has 0 spiro atoms. The lowest BCUT2D eigenvalue weighted by Crippen LogP contribution is -2.03. The van der Waals surface area contributed by atoms with Crippen LogP contribution >= 0.6 is 0 Å². The Kier molecular flexibility index (Phi) is 42.3. The van der Waals surface area contributed by atoms with Crippen molar-refractivity contribution in [3.05, 3.63) is 23.8 Å². The molecule has 3 nitrogen and oxygen atoms in total. The molecule has 0 heterocycles. The van der Waals surface area contributed by atoms with Gasteiger partial charge in [0, 0.05) is 12.7 Å². The van der Waals surface area contributed by atoms with Crippen LogP contribution in [-0.4, -0.2) is 24.9 Å². The Morgan fingerprint density at radius 3 is 0.929 bits per heavy atom. The van der Waals surface area contributed by atoms with Crippen LogP contribution in [-0.2, 0) is 6.42 Å². The van der Waals surface area contributed by atoms with Gasteiger partial charge in [-0.3, -0.25) is 0 Å². The first kappa shape index (κ1) is 52.8. The number of hydrogen-bond donors (Lipinski definition) is 1. The number of ether oxygens (including phenoxy) is 2. The van der Waals surface area contributed by atoms with Crippen LogP contribution in [0.1, 0.15) is 283 Å². The summed E-state index contributed by atoms with van der Waals surface area (Å²) < 4.78 is 12.5. The molecule has 0 saturated carbocycles. The summed E-state index contributed by atoms with van der Waals surface area (Å²) in [5.74, 6) is 1.88. The number of rotatable bonds is 47. The maximum absolute atomic E-state index is 9.40. The topological polar surface area (TPSA) is 38.7 Å². The van der Waals surface area contributed by atoms with Crippen LogP contribution in [0.15, 0.2) is 18.2 Å². The van der Waals surface area contributed by atoms with Crippen LogP contribution in [0.2, 0.25) is 0 Å². The molecular formula is C53H100O3. The monoisotopic (exact) mass is 785 g/mol. The highest BCUT2D eigenvalue weighted by Gasteiger charge is 2.07. The quantitative estimate of drug-likeness (QED) is 0.0669. The summed E-state index contributed by atoms with van der Waals surface area (Å²) in [6, 6.07) is 6.34. The smallest absolute Gasteiger partial charge is 0.126 e. The number of aliphatic hydroxyl groups is 1. The molecule has 0 aromatic heterocycles. The number of aryl methyl sites for hydroxylation is 1. The van der Waals surface area contributed by atoms with Crippen LogP contribution in [0.3, 0.4) is 0 Å². The van der Waals surface area contributed by atoms with Gasteiger partial charge in [-0.1, -0.05) is 264 Å². The zero-order chi connectivity index (χ0) is 40.1. The van der Waals surface area contributed by atoms with Gasteiger partial charge in [0.2, 0.25) is 0 Å². The fourth-order valence-electron chi connectivity index (χ4n) is 8.32. The largest absolute Gasteiger partial charge is 0.493 e. The molecule has 1 aromatic carbocycles. The molecule has 0 bridgehead atoms. The lowest BCUT2D eigenvalue weighted by atomic mass is 10.0. The Morgan fingerprint density at radius 2 is 0.625 bits per heavy atom. The van der Waals surface area contributed by atoms with E-state index in [0.29, 0.717) is 0 Å². The Hall–Kier alpha value is -1.22. The minimum absolute atomic E-state index is 0.219. The number of aliphatic hydroxyl groups excluding tert-OH is 1. The van der Waals surface area contributed by atoms with E-state index in [1.54, 1.807) is 0 Å². The van der Waals surface area contributed by atoms with Gasteiger partial charge in [0.15, 0.2) is 0 Å². The van der Waals surface area contributed by atoms with Gasteiger partial charge in [-0.25, -0.2) is 0 Å². The summed E-state index contributed by atoms with van der Waals surface area (Å²) in [6.07, 6.45) is 57.8. The highest BCUT2D eigenvalue weighted by Crippen LogP contribution is 2.27. The molecule has 0 amide bonds. The zero-order valence-corrected chi connectivity index (χ0v) is 38.3. The second-order valence-electron chi connectivity index (χ2n) is 17.7. The van der Waals surface area contributed by atoms with Crippen LogP contribution < -0.4 is 9.47 Å². The molecule has 1 N–H and O–H groups in total. The van der Waals surface area contributed by atoms with Crippen LogP contribution in [0.25, 0.3) is 0 Å². The molecule has 56 heavy (non-hydrogen) atoms. The zero-order valence-electron chi connectivity index (χ0n) is 38.3. The van der Waals surface area contributed by atoms with Crippen molar-refractivity contribution >= 4 is 0 Å². The van der Waals surface area contributed by atoms with Gasteiger partial charge in [-0.15, -0.1) is 0 Å². The van der Waals surface area contributed by atoms with E-state index in [1.807, 2.05) is 0 Å². The van der Waals surface area contributed by atoms with Crippen molar-refractivity contribution in [1.82, 2.24) is 0 Å². The molecule has 0 aliphatic carbocycles. The van der Waals surface area contributed by atoms with E-state index >= 15 is 0 Å². The third kappa shape index (κ3) is 37.1. The molecule has 3 heteroatoms. The van der Waals surface area contributed by atoms with Crippen molar-refractivity contribution in [2.45, 2.75) is 284 Å². The summed E-state index contributed by atoms with van der Waals surface area (Å²) in [5.41, 5.74) is 1.19. The first-order valence-corrected chi connectivity index (χ1v) is 25.8. The normalized spacial score (nSPS) is 11.5. The summed E-state index contributed by atoms with van der Waals surface area (Å²) in [7, 11) is 0. The number of unbranched alkanes of at least 4 members (excludes halogenated alkanes) is 38. The first-order chi connectivity index (χ1) is 27.8. The van der Waals surface area contributed by atoms with E-state index in [0.717, 1.165) is 50.4 Å². The van der Waals surface area contributed by atoms with Crippen molar-refractivity contribution < 1.29 is 14.6 Å². The van der Waals surface area contributed by atoms with E-state index in [2.05, 4.69) is 32.0 Å². The Labute approximate surface area is 352 Å². The van der Waals surface area contributed by atoms with Crippen LogP contribution in [0.4, 0.5) is 0 Å². The maximum atomic E-state index is 9.40. The van der Waals surface area contributed by atoms with Gasteiger partial charge in [0.1, 0.15) is 11.5 Å². The van der Waals surface area contributed by atoms with Crippen LogP contribution in [0.5, 0.6) is 11.5 Å². The summed E-state index contributed by atoms with van der Waals surface area (Å²) in [6.45, 7) is 6.38. The maximum Gasteiger partial charge on any atom is 0.126 e. The SMILES string of the molecule is CCCCCCCCCCCCCCCCCCCCCCOc1ccc(CCCO)c(OCCCCCCCCCCCCCCCCCCCCCC)c1. The van der Waals surface area contributed by atoms with Gasteiger partial charge >= 0.3 is 0 Å². The molecule has 0 saturated heterocycles.